The number of fused-ring (bicyclic) bond motifs is 3. The number of nitrogens with zero attached hydrogens (tertiary/aromatic N) is 2. The summed E-state index contributed by atoms with van der Waals surface area (Å²) in [4.78, 5) is 33.8. The van der Waals surface area contributed by atoms with Crippen LogP contribution < -0.4 is 10.9 Å². The molecular formula is C28H29N3O2S2. The molecule has 5 rings (SSSR count). The monoisotopic (exact) mass is 503 g/mol. The molecule has 5 nitrogen and oxygen atoms in total. The molecule has 0 aliphatic heterocycles. The highest BCUT2D eigenvalue weighted by Crippen LogP contribution is 2.35. The van der Waals surface area contributed by atoms with Crippen LogP contribution in [-0.4, -0.2) is 21.2 Å². The summed E-state index contributed by atoms with van der Waals surface area (Å²) in [5.41, 5.74) is 6.09. The molecule has 1 aliphatic rings. The van der Waals surface area contributed by atoms with E-state index in [0.717, 1.165) is 64.8 Å². The van der Waals surface area contributed by atoms with Crippen LogP contribution in [0.15, 0.2) is 52.4 Å². The largest absolute Gasteiger partial charge is 0.325 e. The van der Waals surface area contributed by atoms with Crippen molar-refractivity contribution in [2.24, 2.45) is 0 Å². The molecule has 2 aromatic heterocycles. The van der Waals surface area contributed by atoms with Crippen LogP contribution in [-0.2, 0) is 24.1 Å². The second-order valence-electron chi connectivity index (χ2n) is 9.11. The summed E-state index contributed by atoms with van der Waals surface area (Å²) in [5, 5.41) is 4.30. The molecular weight excluding hydrogens is 474 g/mol. The maximum Gasteiger partial charge on any atom is 0.267 e. The number of anilines is 1. The Hall–Kier alpha value is -2.90. The fourth-order valence-electron chi connectivity index (χ4n) is 4.75. The zero-order chi connectivity index (χ0) is 24.5. The van der Waals surface area contributed by atoms with Gasteiger partial charge in [0, 0.05) is 10.6 Å². The Morgan fingerprint density at radius 1 is 1.14 bits per heavy atom. The lowest BCUT2D eigenvalue weighted by Gasteiger charge is -2.16. The first-order chi connectivity index (χ1) is 16.9. The van der Waals surface area contributed by atoms with Crippen LogP contribution in [0.5, 0.6) is 0 Å². The standard InChI is InChI=1S/C28H29N3O2S2/c1-4-19-8-7-9-20(15-19)29-24(32)16-34-28-30-26-25(21-10-5-6-11-23(21)35-26)27(33)31(28)22-13-12-17(2)14-18(22)3/h7-9,12-15H,4-6,10-11,16H2,1-3H3,(H,29,32). The van der Waals surface area contributed by atoms with Gasteiger partial charge in [0.1, 0.15) is 4.83 Å². The quantitative estimate of drug-likeness (QED) is 0.250. The number of benzene rings is 2. The second kappa shape index (κ2) is 9.99. The third-order valence-corrected chi connectivity index (χ3v) is 8.63. The van der Waals surface area contributed by atoms with E-state index in [9.17, 15) is 9.59 Å². The Morgan fingerprint density at radius 2 is 1.97 bits per heavy atom. The van der Waals surface area contributed by atoms with Crippen molar-refractivity contribution in [3.05, 3.63) is 79.9 Å². The van der Waals surface area contributed by atoms with E-state index in [1.165, 1.54) is 27.8 Å². The van der Waals surface area contributed by atoms with Gasteiger partial charge in [-0.25, -0.2) is 4.98 Å². The summed E-state index contributed by atoms with van der Waals surface area (Å²) in [6.07, 6.45) is 5.13. The predicted octanol–water partition coefficient (Wildman–Crippen LogP) is 6.24. The van der Waals surface area contributed by atoms with Gasteiger partial charge in [-0.05, 0) is 80.8 Å². The molecule has 0 bridgehead atoms. The molecule has 35 heavy (non-hydrogen) atoms. The summed E-state index contributed by atoms with van der Waals surface area (Å²) < 4.78 is 1.72. The van der Waals surface area contributed by atoms with Crippen LogP contribution in [0.2, 0.25) is 0 Å². The Balaban J connectivity index is 1.53. The topological polar surface area (TPSA) is 64.0 Å². The van der Waals surface area contributed by atoms with Gasteiger partial charge in [-0.2, -0.15) is 0 Å². The molecule has 180 valence electrons. The van der Waals surface area contributed by atoms with Gasteiger partial charge >= 0.3 is 0 Å². The molecule has 1 N–H and O–H groups in total. The number of nitrogens with one attached hydrogen (secondary N) is 1. The molecule has 0 atom stereocenters. The van der Waals surface area contributed by atoms with E-state index in [1.807, 2.05) is 50.2 Å². The summed E-state index contributed by atoms with van der Waals surface area (Å²) in [5.74, 6) is 0.0554. The summed E-state index contributed by atoms with van der Waals surface area (Å²) in [6.45, 7) is 6.15. The zero-order valence-corrected chi connectivity index (χ0v) is 21.9. The number of carbonyl (C=O) groups is 1. The number of hydrogen-bond acceptors (Lipinski definition) is 5. The lowest BCUT2D eigenvalue weighted by atomic mass is 9.97. The fourth-order valence-corrected chi connectivity index (χ4v) is 6.86. The van der Waals surface area contributed by atoms with Crippen molar-refractivity contribution in [1.82, 2.24) is 9.55 Å². The van der Waals surface area contributed by atoms with Gasteiger partial charge in [-0.15, -0.1) is 11.3 Å². The van der Waals surface area contributed by atoms with Crippen LogP contribution >= 0.6 is 23.1 Å². The number of hydrogen-bond donors (Lipinski definition) is 1. The van der Waals surface area contributed by atoms with E-state index < -0.39 is 0 Å². The SMILES string of the molecule is CCc1cccc(NC(=O)CSc2nc3sc4c(c3c(=O)n2-c2ccc(C)cc2C)CCCC4)c1. The first-order valence-electron chi connectivity index (χ1n) is 12.1. The molecule has 0 unspecified atom stereocenters. The lowest BCUT2D eigenvalue weighted by molar-refractivity contribution is -0.113. The minimum absolute atomic E-state index is 0.0279. The van der Waals surface area contributed by atoms with Crippen molar-refractivity contribution < 1.29 is 4.79 Å². The van der Waals surface area contributed by atoms with E-state index in [1.54, 1.807) is 15.9 Å². The average molecular weight is 504 g/mol. The highest BCUT2D eigenvalue weighted by atomic mass is 32.2. The molecule has 1 aliphatic carbocycles. The molecule has 0 saturated heterocycles. The van der Waals surface area contributed by atoms with Crippen molar-refractivity contribution in [3.8, 4) is 5.69 Å². The average Bonchev–Trinajstić information content (AvgIpc) is 3.22. The van der Waals surface area contributed by atoms with Crippen molar-refractivity contribution in [2.45, 2.75) is 58.0 Å². The molecule has 0 spiro atoms. The van der Waals surface area contributed by atoms with E-state index in [4.69, 9.17) is 4.98 Å². The van der Waals surface area contributed by atoms with E-state index in [2.05, 4.69) is 18.3 Å². The first-order valence-corrected chi connectivity index (χ1v) is 13.9. The van der Waals surface area contributed by atoms with Gasteiger partial charge in [-0.1, -0.05) is 48.5 Å². The van der Waals surface area contributed by atoms with Crippen LogP contribution in [0.25, 0.3) is 15.9 Å². The van der Waals surface area contributed by atoms with Crippen molar-refractivity contribution in [3.63, 3.8) is 0 Å². The minimum atomic E-state index is -0.116. The van der Waals surface area contributed by atoms with Gasteiger partial charge in [0.25, 0.3) is 5.56 Å². The second-order valence-corrected chi connectivity index (χ2v) is 11.1. The third kappa shape index (κ3) is 4.80. The van der Waals surface area contributed by atoms with Crippen molar-refractivity contribution >= 4 is 44.9 Å². The Morgan fingerprint density at radius 3 is 2.77 bits per heavy atom. The Labute approximate surface area is 213 Å². The summed E-state index contributed by atoms with van der Waals surface area (Å²) in [7, 11) is 0. The third-order valence-electron chi connectivity index (χ3n) is 6.50. The maximum absolute atomic E-state index is 13.9. The molecule has 1 amide bonds. The number of thioether (sulfide) groups is 1. The summed E-state index contributed by atoms with van der Waals surface area (Å²) in [6, 6.07) is 14.0. The summed E-state index contributed by atoms with van der Waals surface area (Å²) >= 11 is 2.95. The molecule has 0 fully saturated rings. The van der Waals surface area contributed by atoms with Crippen molar-refractivity contribution in [2.75, 3.05) is 11.1 Å². The van der Waals surface area contributed by atoms with Gasteiger partial charge in [0.05, 0.1) is 16.8 Å². The predicted molar refractivity (Wildman–Crippen MR) is 147 cm³/mol. The van der Waals surface area contributed by atoms with Gasteiger partial charge in [0.15, 0.2) is 5.16 Å². The van der Waals surface area contributed by atoms with Crippen LogP contribution in [0, 0.1) is 13.8 Å². The zero-order valence-electron chi connectivity index (χ0n) is 20.3. The van der Waals surface area contributed by atoms with Crippen LogP contribution in [0.1, 0.15) is 46.9 Å². The normalized spacial score (nSPS) is 13.1. The van der Waals surface area contributed by atoms with Crippen molar-refractivity contribution in [1.29, 1.82) is 0 Å². The first kappa shape index (κ1) is 23.8. The molecule has 2 aromatic carbocycles. The van der Waals surface area contributed by atoms with E-state index in [0.29, 0.717) is 5.16 Å². The molecule has 4 aromatic rings. The van der Waals surface area contributed by atoms with Crippen LogP contribution in [0.4, 0.5) is 5.69 Å². The highest BCUT2D eigenvalue weighted by molar-refractivity contribution is 7.99. The smallest absolute Gasteiger partial charge is 0.267 e. The molecule has 7 heteroatoms. The van der Waals surface area contributed by atoms with Gasteiger partial charge < -0.3 is 5.32 Å². The van der Waals surface area contributed by atoms with E-state index >= 15 is 0 Å². The van der Waals surface area contributed by atoms with Gasteiger partial charge in [-0.3, -0.25) is 14.2 Å². The Kier molecular flexibility index (Phi) is 6.80. The number of carbonyl (C=O) groups excluding carboxylic acids is 1. The molecule has 0 saturated carbocycles. The maximum atomic E-state index is 13.9. The fraction of sp³-hybridized carbons (Fsp3) is 0.321. The number of aryl methyl sites for hydroxylation is 5. The molecule has 2 heterocycles. The lowest BCUT2D eigenvalue weighted by Crippen LogP contribution is -2.24. The number of aromatic nitrogens is 2. The van der Waals surface area contributed by atoms with Crippen LogP contribution in [0.3, 0.4) is 0 Å². The highest BCUT2D eigenvalue weighted by Gasteiger charge is 2.23. The number of amides is 1. The van der Waals surface area contributed by atoms with Gasteiger partial charge in [0.2, 0.25) is 5.91 Å². The minimum Gasteiger partial charge on any atom is -0.325 e. The number of rotatable bonds is 6. The number of thiophene rings is 1. The Bertz CT molecular complexity index is 1490. The van der Waals surface area contributed by atoms with E-state index in [-0.39, 0.29) is 17.2 Å². The molecule has 0 radical (unpaired) electrons.